The highest BCUT2D eigenvalue weighted by atomic mass is 16.4. The number of para-hydroxylation sites is 1. The van der Waals surface area contributed by atoms with E-state index in [2.05, 4.69) is 26.3 Å². The molecule has 0 aliphatic heterocycles. The van der Waals surface area contributed by atoms with Gasteiger partial charge in [-0.3, -0.25) is 19.2 Å². The summed E-state index contributed by atoms with van der Waals surface area (Å²) in [6.45, 7) is 9.15. The minimum atomic E-state index is -1.17. The first-order valence-corrected chi connectivity index (χ1v) is 15.2. The highest BCUT2D eigenvalue weighted by Gasteiger charge is 2.31. The van der Waals surface area contributed by atoms with E-state index in [0.717, 1.165) is 16.5 Å². The minimum Gasteiger partial charge on any atom is -0.480 e. The molecule has 0 saturated carbocycles. The highest BCUT2D eigenvalue weighted by molar-refractivity contribution is 5.96. The number of aromatic amines is 1. The van der Waals surface area contributed by atoms with Crippen molar-refractivity contribution >= 4 is 40.5 Å². The molecule has 0 bridgehead atoms. The second-order valence-corrected chi connectivity index (χ2v) is 12.0. The number of benzene rings is 1. The van der Waals surface area contributed by atoms with Gasteiger partial charge in [0.2, 0.25) is 23.6 Å². The minimum absolute atomic E-state index is 0.00927. The lowest BCUT2D eigenvalue weighted by Crippen LogP contribution is -2.58. The number of fused-ring (bicyclic) bond motifs is 1. The zero-order valence-electron chi connectivity index (χ0n) is 26.3. The molecule has 244 valence electrons. The second kappa shape index (κ2) is 17.4. The van der Waals surface area contributed by atoms with E-state index in [1.54, 1.807) is 20.0 Å². The van der Waals surface area contributed by atoms with Gasteiger partial charge < -0.3 is 42.8 Å². The number of hydrogen-bond donors (Lipinski definition) is 8. The average molecular weight is 616 g/mol. The van der Waals surface area contributed by atoms with Crippen molar-refractivity contribution in [1.82, 2.24) is 26.3 Å². The maximum atomic E-state index is 13.8. The quantitative estimate of drug-likeness (QED) is 0.112. The Morgan fingerprint density at radius 3 is 2.05 bits per heavy atom. The molecule has 44 heavy (non-hydrogen) atoms. The summed E-state index contributed by atoms with van der Waals surface area (Å²) in [4.78, 5) is 67.7. The number of rotatable bonds is 18. The van der Waals surface area contributed by atoms with Crippen molar-refractivity contribution in [1.29, 1.82) is 0 Å². The van der Waals surface area contributed by atoms with Crippen LogP contribution in [0.4, 0.5) is 0 Å². The maximum Gasteiger partial charge on any atom is 0.326 e. The summed E-state index contributed by atoms with van der Waals surface area (Å²) >= 11 is 0. The van der Waals surface area contributed by atoms with Gasteiger partial charge in [0.15, 0.2) is 0 Å². The molecular weight excluding hydrogens is 566 g/mol. The van der Waals surface area contributed by atoms with E-state index in [9.17, 15) is 29.1 Å². The summed E-state index contributed by atoms with van der Waals surface area (Å²) < 4.78 is 0. The zero-order chi connectivity index (χ0) is 33.0. The van der Waals surface area contributed by atoms with Gasteiger partial charge in [-0.25, -0.2) is 4.79 Å². The van der Waals surface area contributed by atoms with Crippen LogP contribution < -0.4 is 32.7 Å². The van der Waals surface area contributed by atoms with Crippen LogP contribution >= 0.6 is 0 Å². The lowest BCUT2D eigenvalue weighted by Gasteiger charge is -2.26. The van der Waals surface area contributed by atoms with Gasteiger partial charge in [0.25, 0.3) is 0 Å². The molecule has 10 N–H and O–H groups in total. The fourth-order valence-electron chi connectivity index (χ4n) is 4.70. The summed E-state index contributed by atoms with van der Waals surface area (Å²) in [7, 11) is 0. The zero-order valence-corrected chi connectivity index (χ0v) is 26.3. The third-order valence-electron chi connectivity index (χ3n) is 7.41. The largest absolute Gasteiger partial charge is 0.480 e. The van der Waals surface area contributed by atoms with E-state index < -0.39 is 59.8 Å². The van der Waals surface area contributed by atoms with Gasteiger partial charge in [-0.15, -0.1) is 0 Å². The molecule has 1 heterocycles. The molecule has 0 unspecified atom stereocenters. The number of H-pyrrole nitrogens is 1. The van der Waals surface area contributed by atoms with Crippen molar-refractivity contribution in [3.05, 3.63) is 36.0 Å². The van der Waals surface area contributed by atoms with Crippen molar-refractivity contribution < 1.29 is 29.1 Å². The molecule has 0 fully saturated rings. The molecule has 1 aromatic heterocycles. The monoisotopic (exact) mass is 615 g/mol. The number of carboxylic acid groups (broad SMARTS) is 1. The summed E-state index contributed by atoms with van der Waals surface area (Å²) in [6.07, 6.45) is 3.37. The topological polar surface area (TPSA) is 222 Å². The van der Waals surface area contributed by atoms with Crippen molar-refractivity contribution in [2.24, 2.45) is 23.3 Å². The Balaban J connectivity index is 2.32. The van der Waals surface area contributed by atoms with Crippen LogP contribution in [0.5, 0.6) is 0 Å². The number of unbranched alkanes of at least 4 members (excludes halogenated alkanes) is 1. The van der Waals surface area contributed by atoms with E-state index in [1.165, 1.54) is 6.92 Å². The fraction of sp³-hybridized carbons (Fsp3) is 0.581. The van der Waals surface area contributed by atoms with Crippen LogP contribution in [0.2, 0.25) is 0 Å². The molecule has 0 spiro atoms. The molecule has 4 amide bonds. The molecule has 1 aromatic carbocycles. The van der Waals surface area contributed by atoms with Gasteiger partial charge in [-0.05, 0) is 62.6 Å². The Kier molecular flexibility index (Phi) is 14.3. The first-order valence-electron chi connectivity index (χ1n) is 15.2. The van der Waals surface area contributed by atoms with Crippen molar-refractivity contribution in [3.63, 3.8) is 0 Å². The smallest absolute Gasteiger partial charge is 0.326 e. The van der Waals surface area contributed by atoms with Crippen LogP contribution in [-0.4, -0.2) is 76.4 Å². The molecule has 0 saturated heterocycles. The van der Waals surface area contributed by atoms with E-state index in [-0.39, 0.29) is 31.1 Å². The molecule has 0 aliphatic carbocycles. The fourth-order valence-corrected chi connectivity index (χ4v) is 4.70. The molecular formula is C31H49N7O6. The Morgan fingerprint density at radius 1 is 0.818 bits per heavy atom. The number of hydrogen-bond acceptors (Lipinski definition) is 7. The van der Waals surface area contributed by atoms with Crippen LogP contribution in [0.3, 0.4) is 0 Å². The van der Waals surface area contributed by atoms with E-state index >= 15 is 0 Å². The second-order valence-electron chi connectivity index (χ2n) is 12.0. The third kappa shape index (κ3) is 10.9. The SMILES string of the molecule is CC(C)C[C@H](NC(=O)[C@H](CCCCN)NC(=O)[C@H](Cc1c[nH]c2ccccc12)NC(=O)[C@H](C)NC(=O)[C@@H](N)C(C)C)C(=O)O. The first kappa shape index (κ1) is 36.2. The van der Waals surface area contributed by atoms with Gasteiger partial charge in [-0.1, -0.05) is 45.9 Å². The first-order chi connectivity index (χ1) is 20.7. The predicted octanol–water partition coefficient (Wildman–Crippen LogP) is 0.913. The Bertz CT molecular complexity index is 1280. The van der Waals surface area contributed by atoms with Crippen LogP contribution in [0.15, 0.2) is 30.5 Å². The summed E-state index contributed by atoms with van der Waals surface area (Å²) in [6, 6.07) is 2.37. The average Bonchev–Trinajstić information content (AvgIpc) is 3.37. The van der Waals surface area contributed by atoms with Crippen molar-refractivity contribution in [2.75, 3.05) is 6.54 Å². The Hall–Kier alpha value is -3.97. The van der Waals surface area contributed by atoms with Crippen LogP contribution in [0.25, 0.3) is 10.9 Å². The van der Waals surface area contributed by atoms with Gasteiger partial charge in [0.05, 0.1) is 6.04 Å². The lowest BCUT2D eigenvalue weighted by molar-refractivity contribution is -0.142. The summed E-state index contributed by atoms with van der Waals surface area (Å²) in [5, 5.41) is 21.1. The molecule has 5 atom stereocenters. The standard InChI is InChI=1S/C31H49N7O6/c1-17(2)14-25(31(43)44)38-28(40)23(12-8-9-13-32)36-29(41)24(15-20-16-34-22-11-7-6-10-21(20)22)37-27(39)19(5)35-30(42)26(33)18(3)4/h6-7,10-11,16-19,23-26,34H,8-9,12-15,32-33H2,1-5H3,(H,35,42)(H,36,41)(H,37,39)(H,38,40)(H,43,44)/t19-,23-,24-,25-,26-/m0/s1. The van der Waals surface area contributed by atoms with Crippen LogP contribution in [0, 0.1) is 11.8 Å². The van der Waals surface area contributed by atoms with Gasteiger partial charge >= 0.3 is 5.97 Å². The summed E-state index contributed by atoms with van der Waals surface area (Å²) in [5.74, 6) is -3.68. The maximum absolute atomic E-state index is 13.8. The van der Waals surface area contributed by atoms with Crippen molar-refractivity contribution in [2.45, 2.75) is 96.9 Å². The lowest BCUT2D eigenvalue weighted by atomic mass is 10.0. The number of nitrogens with one attached hydrogen (secondary N) is 5. The molecule has 2 aromatic rings. The van der Waals surface area contributed by atoms with Crippen LogP contribution in [-0.2, 0) is 30.4 Å². The Morgan fingerprint density at radius 2 is 1.43 bits per heavy atom. The molecule has 13 nitrogen and oxygen atoms in total. The van der Waals surface area contributed by atoms with E-state index in [0.29, 0.717) is 19.4 Å². The van der Waals surface area contributed by atoms with E-state index in [1.807, 2.05) is 38.1 Å². The molecule has 0 aliphatic rings. The normalized spacial score (nSPS) is 14.8. The highest BCUT2D eigenvalue weighted by Crippen LogP contribution is 2.19. The van der Waals surface area contributed by atoms with Crippen LogP contribution in [0.1, 0.15) is 65.9 Å². The number of carboxylic acids is 1. The van der Waals surface area contributed by atoms with E-state index in [4.69, 9.17) is 11.5 Å². The third-order valence-corrected chi connectivity index (χ3v) is 7.41. The van der Waals surface area contributed by atoms with Crippen molar-refractivity contribution in [3.8, 4) is 0 Å². The van der Waals surface area contributed by atoms with Gasteiger partial charge in [0.1, 0.15) is 24.2 Å². The molecule has 2 rings (SSSR count). The number of aliphatic carboxylic acids is 1. The number of amides is 4. The molecule has 0 radical (unpaired) electrons. The number of carbonyl (C=O) groups excluding carboxylic acids is 4. The molecule has 13 heteroatoms. The summed E-state index contributed by atoms with van der Waals surface area (Å²) in [5.41, 5.74) is 13.2. The number of carbonyl (C=O) groups is 5. The van der Waals surface area contributed by atoms with Gasteiger partial charge in [0, 0.05) is 23.5 Å². The number of nitrogens with two attached hydrogens (primary N) is 2. The predicted molar refractivity (Wildman–Crippen MR) is 168 cm³/mol. The Labute approximate surface area is 258 Å². The van der Waals surface area contributed by atoms with Gasteiger partial charge in [-0.2, -0.15) is 0 Å². The number of aromatic nitrogens is 1.